The third-order valence-corrected chi connectivity index (χ3v) is 5.25. The smallest absolute Gasteiger partial charge is 0.150 e. The molecule has 2 nitrogen and oxygen atoms in total. The molecule has 0 saturated heterocycles. The molecule has 98 valence electrons. The van der Waals surface area contributed by atoms with Crippen molar-refractivity contribution in [2.45, 2.75) is 32.2 Å². The largest absolute Gasteiger partial charge is 0.347 e. The Bertz CT molecular complexity index is 627. The number of hydrogen-bond donors (Lipinski definition) is 0. The van der Waals surface area contributed by atoms with Gasteiger partial charge in [0, 0.05) is 23.8 Å². The van der Waals surface area contributed by atoms with Gasteiger partial charge < -0.3 is 4.57 Å². The highest BCUT2D eigenvalue weighted by Gasteiger charge is 2.39. The average Bonchev–Trinajstić information content (AvgIpc) is 3.14. The van der Waals surface area contributed by atoms with E-state index in [1.807, 2.05) is 12.1 Å². The fourth-order valence-electron chi connectivity index (χ4n) is 4.29. The fourth-order valence-corrected chi connectivity index (χ4v) is 4.29. The summed E-state index contributed by atoms with van der Waals surface area (Å²) < 4.78 is 2.35. The first-order chi connectivity index (χ1) is 9.33. The SMILES string of the molecule is O=Cc1ccc2ccn(CC3CC4CCC3C4)c2c1. The summed E-state index contributed by atoms with van der Waals surface area (Å²) in [6, 6.07) is 8.14. The number of hydrogen-bond acceptors (Lipinski definition) is 1. The first kappa shape index (κ1) is 11.3. The van der Waals surface area contributed by atoms with Crippen molar-refractivity contribution >= 4 is 17.2 Å². The van der Waals surface area contributed by atoms with E-state index in [1.165, 1.54) is 36.6 Å². The standard InChI is InChI=1S/C17H19NO/c19-11-13-2-3-14-5-6-18(17(14)9-13)10-16-8-12-1-4-15(16)7-12/h2-3,5-6,9,11-12,15-16H,1,4,7-8,10H2. The van der Waals surface area contributed by atoms with Crippen molar-refractivity contribution < 1.29 is 4.79 Å². The molecule has 1 aromatic heterocycles. The number of aromatic nitrogens is 1. The van der Waals surface area contributed by atoms with Gasteiger partial charge in [-0.25, -0.2) is 0 Å². The predicted molar refractivity (Wildman–Crippen MR) is 76.3 cm³/mol. The van der Waals surface area contributed by atoms with Gasteiger partial charge in [-0.3, -0.25) is 4.79 Å². The summed E-state index contributed by atoms with van der Waals surface area (Å²) in [7, 11) is 0. The Hall–Kier alpha value is -1.57. The van der Waals surface area contributed by atoms with Crippen LogP contribution in [0.15, 0.2) is 30.5 Å². The molecule has 2 saturated carbocycles. The molecule has 0 N–H and O–H groups in total. The van der Waals surface area contributed by atoms with E-state index in [2.05, 4.69) is 22.9 Å². The molecule has 2 aliphatic rings. The number of benzene rings is 1. The van der Waals surface area contributed by atoms with Crippen LogP contribution in [0.5, 0.6) is 0 Å². The first-order valence-corrected chi connectivity index (χ1v) is 7.37. The maximum atomic E-state index is 10.9. The molecule has 2 fully saturated rings. The van der Waals surface area contributed by atoms with E-state index in [0.717, 1.165) is 36.1 Å². The number of rotatable bonds is 3. The minimum atomic E-state index is 0.778. The van der Waals surface area contributed by atoms with Crippen molar-refractivity contribution in [3.05, 3.63) is 36.0 Å². The highest BCUT2D eigenvalue weighted by Crippen LogP contribution is 2.49. The van der Waals surface area contributed by atoms with E-state index in [9.17, 15) is 4.79 Å². The minimum Gasteiger partial charge on any atom is -0.347 e. The van der Waals surface area contributed by atoms with Gasteiger partial charge in [-0.1, -0.05) is 18.6 Å². The summed E-state index contributed by atoms with van der Waals surface area (Å²) in [5, 5.41) is 1.24. The molecule has 2 heteroatoms. The molecule has 3 atom stereocenters. The van der Waals surface area contributed by atoms with Crippen LogP contribution in [0.1, 0.15) is 36.0 Å². The maximum absolute atomic E-state index is 10.9. The molecule has 1 heterocycles. The Kier molecular flexibility index (Phi) is 2.51. The molecule has 4 rings (SSSR count). The van der Waals surface area contributed by atoms with E-state index in [-0.39, 0.29) is 0 Å². The van der Waals surface area contributed by atoms with Crippen LogP contribution in [0.25, 0.3) is 10.9 Å². The quantitative estimate of drug-likeness (QED) is 0.761. The Morgan fingerprint density at radius 1 is 1.21 bits per heavy atom. The predicted octanol–water partition coefficient (Wildman–Crippen LogP) is 3.89. The van der Waals surface area contributed by atoms with E-state index < -0.39 is 0 Å². The topological polar surface area (TPSA) is 22.0 Å². The van der Waals surface area contributed by atoms with E-state index in [1.54, 1.807) is 0 Å². The third-order valence-electron chi connectivity index (χ3n) is 5.25. The minimum absolute atomic E-state index is 0.778. The summed E-state index contributed by atoms with van der Waals surface area (Å²) in [4.78, 5) is 10.9. The van der Waals surface area contributed by atoms with Crippen LogP contribution in [0.4, 0.5) is 0 Å². The molecule has 0 aliphatic heterocycles. The van der Waals surface area contributed by atoms with Crippen LogP contribution in [-0.4, -0.2) is 10.9 Å². The van der Waals surface area contributed by atoms with Crippen LogP contribution in [-0.2, 0) is 6.54 Å². The van der Waals surface area contributed by atoms with Gasteiger partial charge in [0.2, 0.25) is 0 Å². The molecule has 2 aliphatic carbocycles. The van der Waals surface area contributed by atoms with Crippen molar-refractivity contribution in [2.75, 3.05) is 0 Å². The summed E-state index contributed by atoms with van der Waals surface area (Å²) in [5.41, 5.74) is 1.99. The van der Waals surface area contributed by atoms with E-state index in [4.69, 9.17) is 0 Å². The van der Waals surface area contributed by atoms with Gasteiger partial charge in [-0.15, -0.1) is 0 Å². The number of carbonyl (C=O) groups excluding carboxylic acids is 1. The second-order valence-electron chi connectivity index (χ2n) is 6.34. The van der Waals surface area contributed by atoms with Gasteiger partial charge in [-0.2, -0.15) is 0 Å². The molecule has 0 amide bonds. The van der Waals surface area contributed by atoms with Crippen molar-refractivity contribution in [3.8, 4) is 0 Å². The van der Waals surface area contributed by atoms with Crippen LogP contribution < -0.4 is 0 Å². The van der Waals surface area contributed by atoms with Gasteiger partial charge in [0.05, 0.1) is 0 Å². The van der Waals surface area contributed by atoms with Crippen LogP contribution in [0.3, 0.4) is 0 Å². The molecule has 0 spiro atoms. The highest BCUT2D eigenvalue weighted by molar-refractivity contribution is 5.87. The monoisotopic (exact) mass is 253 g/mol. The molecule has 0 radical (unpaired) electrons. The Balaban J connectivity index is 1.65. The second kappa shape index (κ2) is 4.22. The molecule has 2 bridgehead atoms. The fraction of sp³-hybridized carbons (Fsp3) is 0.471. The number of fused-ring (bicyclic) bond motifs is 3. The Morgan fingerprint density at radius 3 is 2.89 bits per heavy atom. The van der Waals surface area contributed by atoms with Crippen LogP contribution >= 0.6 is 0 Å². The zero-order valence-electron chi connectivity index (χ0n) is 11.1. The zero-order chi connectivity index (χ0) is 12.8. The summed E-state index contributed by atoms with van der Waals surface area (Å²) in [6.45, 7) is 1.13. The lowest BCUT2D eigenvalue weighted by Crippen LogP contribution is -2.16. The highest BCUT2D eigenvalue weighted by atomic mass is 16.1. The molecular formula is C17H19NO. The van der Waals surface area contributed by atoms with Crippen molar-refractivity contribution in [3.63, 3.8) is 0 Å². The first-order valence-electron chi connectivity index (χ1n) is 7.37. The van der Waals surface area contributed by atoms with Crippen LogP contribution in [0, 0.1) is 17.8 Å². The lowest BCUT2D eigenvalue weighted by atomic mass is 9.89. The number of aldehydes is 1. The van der Waals surface area contributed by atoms with E-state index >= 15 is 0 Å². The molecule has 1 aromatic carbocycles. The molecule has 3 unspecified atom stereocenters. The summed E-state index contributed by atoms with van der Waals surface area (Å²) in [5.74, 6) is 2.81. The van der Waals surface area contributed by atoms with Gasteiger partial charge in [0.25, 0.3) is 0 Å². The third kappa shape index (κ3) is 1.81. The normalized spacial score (nSPS) is 29.2. The van der Waals surface area contributed by atoms with Crippen molar-refractivity contribution in [1.82, 2.24) is 4.57 Å². The van der Waals surface area contributed by atoms with Gasteiger partial charge in [0.1, 0.15) is 6.29 Å². The van der Waals surface area contributed by atoms with Crippen molar-refractivity contribution in [1.29, 1.82) is 0 Å². The number of carbonyl (C=O) groups is 1. The lowest BCUT2D eigenvalue weighted by Gasteiger charge is -2.22. The summed E-state index contributed by atoms with van der Waals surface area (Å²) in [6.07, 6.45) is 8.90. The summed E-state index contributed by atoms with van der Waals surface area (Å²) >= 11 is 0. The maximum Gasteiger partial charge on any atom is 0.150 e. The van der Waals surface area contributed by atoms with Gasteiger partial charge >= 0.3 is 0 Å². The number of nitrogens with zero attached hydrogens (tertiary/aromatic N) is 1. The zero-order valence-corrected chi connectivity index (χ0v) is 11.1. The van der Waals surface area contributed by atoms with Crippen molar-refractivity contribution in [2.24, 2.45) is 17.8 Å². The lowest BCUT2D eigenvalue weighted by molar-refractivity contribution is 0.112. The molecule has 2 aromatic rings. The Morgan fingerprint density at radius 2 is 2.16 bits per heavy atom. The Labute approximate surface area is 113 Å². The van der Waals surface area contributed by atoms with Crippen LogP contribution in [0.2, 0.25) is 0 Å². The van der Waals surface area contributed by atoms with E-state index in [0.29, 0.717) is 0 Å². The second-order valence-corrected chi connectivity index (χ2v) is 6.34. The van der Waals surface area contributed by atoms with Gasteiger partial charge in [-0.05, 0) is 54.5 Å². The molecule has 19 heavy (non-hydrogen) atoms. The molecular weight excluding hydrogens is 234 g/mol. The van der Waals surface area contributed by atoms with Gasteiger partial charge in [0.15, 0.2) is 0 Å². The average molecular weight is 253 g/mol.